The molecule has 1 aliphatic heterocycles. The van der Waals surface area contributed by atoms with E-state index in [0.29, 0.717) is 17.9 Å². The summed E-state index contributed by atoms with van der Waals surface area (Å²) in [4.78, 5) is 25.6. The Morgan fingerprint density at radius 3 is 2.35 bits per heavy atom. The molecule has 2 rings (SSSR count). The molecule has 144 valence electrons. The van der Waals surface area contributed by atoms with Crippen molar-refractivity contribution in [3.8, 4) is 5.75 Å². The Kier molecular flexibility index (Phi) is 6.47. The molecule has 0 spiro atoms. The summed E-state index contributed by atoms with van der Waals surface area (Å²) >= 11 is 0. The van der Waals surface area contributed by atoms with Crippen molar-refractivity contribution < 1.29 is 28.5 Å². The maximum Gasteiger partial charge on any atom is 0.410 e. The first-order valence-corrected chi connectivity index (χ1v) is 8.58. The van der Waals surface area contributed by atoms with Crippen molar-refractivity contribution in [2.24, 2.45) is 0 Å². The van der Waals surface area contributed by atoms with Gasteiger partial charge in [-0.25, -0.2) is 9.59 Å². The van der Waals surface area contributed by atoms with Crippen molar-refractivity contribution in [2.75, 3.05) is 27.4 Å². The van der Waals surface area contributed by atoms with Gasteiger partial charge in [0.1, 0.15) is 18.0 Å². The molecule has 1 aromatic rings. The lowest BCUT2D eigenvalue weighted by atomic mass is 10.2. The van der Waals surface area contributed by atoms with Crippen molar-refractivity contribution in [1.82, 2.24) is 4.90 Å². The van der Waals surface area contributed by atoms with Gasteiger partial charge >= 0.3 is 12.1 Å². The second-order valence-electron chi connectivity index (χ2n) is 7.13. The molecule has 7 nitrogen and oxygen atoms in total. The zero-order chi connectivity index (χ0) is 19.3. The van der Waals surface area contributed by atoms with Gasteiger partial charge in [0.25, 0.3) is 0 Å². The number of likely N-dealkylation sites (tertiary alicyclic amines) is 1. The molecule has 0 aliphatic carbocycles. The highest BCUT2D eigenvalue weighted by Gasteiger charge is 2.39. The zero-order valence-electron chi connectivity index (χ0n) is 16.0. The van der Waals surface area contributed by atoms with Crippen LogP contribution in [-0.2, 0) is 14.2 Å². The quantitative estimate of drug-likeness (QED) is 0.747. The SMILES string of the molecule is COC(=O)c1ccc(OC[C@@H]2[C@@H](OC)CCN2C(=O)OC(C)(C)C)cc1. The number of benzene rings is 1. The monoisotopic (exact) mass is 365 g/mol. The average Bonchev–Trinajstić information content (AvgIpc) is 3.01. The summed E-state index contributed by atoms with van der Waals surface area (Å²) in [6.07, 6.45) is 0.244. The molecular weight excluding hydrogens is 338 g/mol. The number of methoxy groups -OCH3 is 2. The first-order chi connectivity index (χ1) is 12.2. The number of carbonyl (C=O) groups excluding carboxylic acids is 2. The second kappa shape index (κ2) is 8.40. The fourth-order valence-electron chi connectivity index (χ4n) is 2.83. The van der Waals surface area contributed by atoms with E-state index in [4.69, 9.17) is 14.2 Å². The van der Waals surface area contributed by atoms with E-state index in [1.54, 1.807) is 36.3 Å². The first-order valence-electron chi connectivity index (χ1n) is 8.58. The highest BCUT2D eigenvalue weighted by molar-refractivity contribution is 5.89. The number of nitrogens with zero attached hydrogens (tertiary/aromatic N) is 1. The highest BCUT2D eigenvalue weighted by atomic mass is 16.6. The van der Waals surface area contributed by atoms with Gasteiger partial charge in [0.15, 0.2) is 0 Å². The van der Waals surface area contributed by atoms with Crippen LogP contribution >= 0.6 is 0 Å². The molecule has 1 aliphatic rings. The molecule has 7 heteroatoms. The molecule has 0 bridgehead atoms. The van der Waals surface area contributed by atoms with E-state index in [0.717, 1.165) is 6.42 Å². The van der Waals surface area contributed by atoms with Gasteiger partial charge in [0, 0.05) is 13.7 Å². The molecule has 0 aromatic heterocycles. The Hall–Kier alpha value is -2.28. The summed E-state index contributed by atoms with van der Waals surface area (Å²) in [6.45, 7) is 6.34. The third-order valence-corrected chi connectivity index (χ3v) is 4.11. The Balaban J connectivity index is 2.02. The van der Waals surface area contributed by atoms with Gasteiger partial charge in [0.05, 0.1) is 24.8 Å². The average molecular weight is 365 g/mol. The van der Waals surface area contributed by atoms with Gasteiger partial charge in [-0.3, -0.25) is 4.90 Å². The van der Waals surface area contributed by atoms with Crippen molar-refractivity contribution in [2.45, 2.75) is 44.9 Å². The van der Waals surface area contributed by atoms with E-state index < -0.39 is 11.6 Å². The number of hydrogen-bond acceptors (Lipinski definition) is 6. The van der Waals surface area contributed by atoms with Crippen LogP contribution in [0.15, 0.2) is 24.3 Å². The summed E-state index contributed by atoms with van der Waals surface area (Å²) in [5.41, 5.74) is -0.108. The van der Waals surface area contributed by atoms with E-state index in [2.05, 4.69) is 4.74 Å². The van der Waals surface area contributed by atoms with Crippen molar-refractivity contribution in [1.29, 1.82) is 0 Å². The third kappa shape index (κ3) is 5.11. The lowest BCUT2D eigenvalue weighted by Gasteiger charge is -2.30. The molecule has 1 heterocycles. The van der Waals surface area contributed by atoms with E-state index in [1.807, 2.05) is 20.8 Å². The molecule has 1 aromatic carbocycles. The maximum atomic E-state index is 12.4. The fourth-order valence-corrected chi connectivity index (χ4v) is 2.83. The standard InChI is InChI=1S/C19H27NO6/c1-19(2,3)26-18(22)20-11-10-16(23-4)15(20)12-25-14-8-6-13(7-9-14)17(21)24-5/h6-9,15-16H,10-12H2,1-5H3/t15-,16+/m1/s1. The Morgan fingerprint density at radius 1 is 1.15 bits per heavy atom. The van der Waals surface area contributed by atoms with Crippen LogP contribution in [0.25, 0.3) is 0 Å². The van der Waals surface area contributed by atoms with E-state index >= 15 is 0 Å². The molecule has 2 atom stereocenters. The van der Waals surface area contributed by atoms with Gasteiger partial charge in [-0.1, -0.05) is 0 Å². The Morgan fingerprint density at radius 2 is 1.81 bits per heavy atom. The van der Waals surface area contributed by atoms with Crippen LogP contribution in [-0.4, -0.2) is 62.1 Å². The molecule has 0 saturated carbocycles. The molecule has 1 fully saturated rings. The first kappa shape index (κ1) is 20.0. The lowest BCUT2D eigenvalue weighted by molar-refractivity contribution is 0.00188. The molecule has 0 N–H and O–H groups in total. The summed E-state index contributed by atoms with van der Waals surface area (Å²) in [5, 5.41) is 0. The van der Waals surface area contributed by atoms with Crippen LogP contribution < -0.4 is 4.74 Å². The predicted octanol–water partition coefficient (Wildman–Crippen LogP) is 2.88. The minimum absolute atomic E-state index is 0.114. The van der Waals surface area contributed by atoms with Gasteiger partial charge in [-0.05, 0) is 51.5 Å². The normalized spacial score (nSPS) is 20.0. The van der Waals surface area contributed by atoms with Gasteiger partial charge in [-0.2, -0.15) is 0 Å². The van der Waals surface area contributed by atoms with Crippen molar-refractivity contribution >= 4 is 12.1 Å². The molecule has 0 radical (unpaired) electrons. The van der Waals surface area contributed by atoms with Gasteiger partial charge in [-0.15, -0.1) is 0 Å². The molecule has 0 unspecified atom stereocenters. The van der Waals surface area contributed by atoms with Crippen LogP contribution in [0.1, 0.15) is 37.6 Å². The van der Waals surface area contributed by atoms with Crippen LogP contribution in [0.4, 0.5) is 4.79 Å². The van der Waals surface area contributed by atoms with Crippen LogP contribution in [0.2, 0.25) is 0 Å². The van der Waals surface area contributed by atoms with Gasteiger partial charge < -0.3 is 18.9 Å². The minimum Gasteiger partial charge on any atom is -0.491 e. The summed E-state index contributed by atoms with van der Waals surface area (Å²) < 4.78 is 21.5. The topological polar surface area (TPSA) is 74.3 Å². The molecule has 1 saturated heterocycles. The molecular formula is C19H27NO6. The number of rotatable bonds is 5. The largest absolute Gasteiger partial charge is 0.491 e. The molecule has 1 amide bonds. The number of ether oxygens (including phenoxy) is 4. The van der Waals surface area contributed by atoms with E-state index in [1.165, 1.54) is 7.11 Å². The summed E-state index contributed by atoms with van der Waals surface area (Å²) in [5.74, 6) is 0.200. The number of esters is 1. The fraction of sp³-hybridized carbons (Fsp3) is 0.579. The van der Waals surface area contributed by atoms with Gasteiger partial charge in [0.2, 0.25) is 0 Å². The molecule has 26 heavy (non-hydrogen) atoms. The van der Waals surface area contributed by atoms with Crippen LogP contribution in [0, 0.1) is 0 Å². The van der Waals surface area contributed by atoms with Crippen LogP contribution in [0.5, 0.6) is 5.75 Å². The number of amides is 1. The van der Waals surface area contributed by atoms with Crippen molar-refractivity contribution in [3.05, 3.63) is 29.8 Å². The summed E-state index contributed by atoms with van der Waals surface area (Å²) in [7, 11) is 2.96. The highest BCUT2D eigenvalue weighted by Crippen LogP contribution is 2.24. The smallest absolute Gasteiger partial charge is 0.410 e. The number of carbonyl (C=O) groups is 2. The third-order valence-electron chi connectivity index (χ3n) is 4.11. The minimum atomic E-state index is -0.558. The van der Waals surface area contributed by atoms with E-state index in [-0.39, 0.29) is 24.8 Å². The maximum absolute atomic E-state index is 12.4. The lowest BCUT2D eigenvalue weighted by Crippen LogP contribution is -2.46. The number of hydrogen-bond donors (Lipinski definition) is 0. The van der Waals surface area contributed by atoms with E-state index in [9.17, 15) is 9.59 Å². The Labute approximate surface area is 154 Å². The Bertz CT molecular complexity index is 622. The van der Waals surface area contributed by atoms with Crippen LogP contribution in [0.3, 0.4) is 0 Å². The zero-order valence-corrected chi connectivity index (χ0v) is 16.0. The second-order valence-corrected chi connectivity index (χ2v) is 7.13. The predicted molar refractivity (Wildman–Crippen MR) is 95.4 cm³/mol. The van der Waals surface area contributed by atoms with Crippen molar-refractivity contribution in [3.63, 3.8) is 0 Å². The summed E-state index contributed by atoms with van der Waals surface area (Å²) in [6, 6.07) is 6.42.